The van der Waals surface area contributed by atoms with Gasteiger partial charge in [-0.1, -0.05) is 30.3 Å². The van der Waals surface area contributed by atoms with E-state index in [9.17, 15) is 5.11 Å². The van der Waals surface area contributed by atoms with E-state index in [0.717, 1.165) is 37.3 Å². The Hall–Kier alpha value is -1.62. The van der Waals surface area contributed by atoms with Crippen LogP contribution in [0.3, 0.4) is 0 Å². The van der Waals surface area contributed by atoms with Gasteiger partial charge >= 0.3 is 0 Å². The molecule has 2 aromatic carbocycles. The van der Waals surface area contributed by atoms with Gasteiger partial charge in [0.05, 0.1) is 0 Å². The molecule has 0 spiro atoms. The van der Waals surface area contributed by atoms with Gasteiger partial charge in [0.25, 0.3) is 0 Å². The Morgan fingerprint density at radius 1 is 1.05 bits per heavy atom. The van der Waals surface area contributed by atoms with Crippen molar-refractivity contribution < 1.29 is 9.84 Å². The summed E-state index contributed by atoms with van der Waals surface area (Å²) >= 11 is 0. The van der Waals surface area contributed by atoms with E-state index in [0.29, 0.717) is 13.2 Å². The minimum Gasteiger partial charge on any atom is -0.491 e. The first-order chi connectivity index (χ1) is 10.7. The largest absolute Gasteiger partial charge is 0.491 e. The van der Waals surface area contributed by atoms with Crippen molar-refractivity contribution in [3.63, 3.8) is 0 Å². The molecule has 118 valence electrons. The average molecular weight is 300 g/mol. The summed E-state index contributed by atoms with van der Waals surface area (Å²) < 4.78 is 5.75. The van der Waals surface area contributed by atoms with E-state index < -0.39 is 6.10 Å². The molecule has 1 N–H and O–H groups in total. The van der Waals surface area contributed by atoms with Crippen molar-refractivity contribution in [1.82, 2.24) is 9.80 Å². The van der Waals surface area contributed by atoms with Crippen LogP contribution < -0.4 is 4.74 Å². The standard InChI is InChI=1S/C18H24N2O2/c1-19-8-10-20(11-9-19)13-17(21)14-22-18-7-6-15-4-2-3-5-16(15)12-18/h2-7,12,17,21H,8-11,13-14H2,1H3/t17-/m0/s1. The summed E-state index contributed by atoms with van der Waals surface area (Å²) in [5.74, 6) is 0.816. The second-order valence-corrected chi connectivity index (χ2v) is 6.08. The molecule has 0 aromatic heterocycles. The molecule has 2 aromatic rings. The van der Waals surface area contributed by atoms with Crippen LogP contribution in [0.5, 0.6) is 5.75 Å². The molecule has 3 rings (SSSR count). The Labute approximate surface area is 131 Å². The monoisotopic (exact) mass is 300 g/mol. The van der Waals surface area contributed by atoms with Crippen LogP contribution in [0.1, 0.15) is 0 Å². The number of aliphatic hydroxyl groups is 1. The highest BCUT2D eigenvalue weighted by Gasteiger charge is 2.17. The molecule has 1 saturated heterocycles. The van der Waals surface area contributed by atoms with Crippen molar-refractivity contribution in [3.8, 4) is 5.75 Å². The molecule has 1 atom stereocenters. The molecule has 4 heteroatoms. The van der Waals surface area contributed by atoms with Crippen molar-refractivity contribution in [2.75, 3.05) is 46.4 Å². The van der Waals surface area contributed by atoms with Crippen molar-refractivity contribution in [2.45, 2.75) is 6.10 Å². The number of ether oxygens (including phenoxy) is 1. The van der Waals surface area contributed by atoms with Crippen LogP contribution in [-0.4, -0.2) is 67.4 Å². The maximum atomic E-state index is 10.2. The number of piperazine rings is 1. The molecule has 1 aliphatic heterocycles. The van der Waals surface area contributed by atoms with Gasteiger partial charge in [-0.2, -0.15) is 0 Å². The molecule has 0 unspecified atom stereocenters. The Morgan fingerprint density at radius 3 is 2.55 bits per heavy atom. The normalized spacial score (nSPS) is 18.5. The first kappa shape index (κ1) is 15.3. The Kier molecular flexibility index (Phi) is 4.93. The SMILES string of the molecule is CN1CCN(C[C@H](O)COc2ccc3ccccc3c2)CC1. The average Bonchev–Trinajstić information content (AvgIpc) is 2.55. The van der Waals surface area contributed by atoms with Gasteiger partial charge in [-0.15, -0.1) is 0 Å². The second-order valence-electron chi connectivity index (χ2n) is 6.08. The lowest BCUT2D eigenvalue weighted by atomic mass is 10.1. The highest BCUT2D eigenvalue weighted by Crippen LogP contribution is 2.20. The summed E-state index contributed by atoms with van der Waals surface area (Å²) in [6.45, 7) is 5.19. The first-order valence-electron chi connectivity index (χ1n) is 7.91. The predicted octanol–water partition coefficient (Wildman–Crippen LogP) is 1.83. The van der Waals surface area contributed by atoms with E-state index >= 15 is 0 Å². The number of aliphatic hydroxyl groups excluding tert-OH is 1. The number of likely N-dealkylation sites (N-methyl/N-ethyl adjacent to an activating group) is 1. The third kappa shape index (κ3) is 3.97. The Morgan fingerprint density at radius 2 is 1.77 bits per heavy atom. The molecule has 1 aliphatic rings. The maximum Gasteiger partial charge on any atom is 0.120 e. The molecular formula is C18H24N2O2. The van der Waals surface area contributed by atoms with Crippen LogP contribution in [0.4, 0.5) is 0 Å². The number of rotatable bonds is 5. The molecule has 0 aliphatic carbocycles. The quantitative estimate of drug-likeness (QED) is 0.914. The number of hydrogen-bond donors (Lipinski definition) is 1. The molecule has 4 nitrogen and oxygen atoms in total. The number of fused-ring (bicyclic) bond motifs is 1. The Bertz CT molecular complexity index is 609. The van der Waals surface area contributed by atoms with Crippen LogP contribution in [0, 0.1) is 0 Å². The summed E-state index contributed by atoms with van der Waals surface area (Å²) in [7, 11) is 2.14. The fourth-order valence-electron chi connectivity index (χ4n) is 2.83. The first-order valence-corrected chi connectivity index (χ1v) is 7.91. The molecule has 0 amide bonds. The van der Waals surface area contributed by atoms with E-state index in [4.69, 9.17) is 4.74 Å². The minimum atomic E-state index is -0.449. The predicted molar refractivity (Wildman–Crippen MR) is 89.4 cm³/mol. The summed E-state index contributed by atoms with van der Waals surface area (Å²) in [6, 6.07) is 14.3. The number of β-amino-alcohol motifs (C(OH)–C–C–N with tert-alkyl or cyclic N) is 1. The van der Waals surface area contributed by atoms with Gasteiger partial charge in [-0.05, 0) is 30.0 Å². The maximum absolute atomic E-state index is 10.2. The molecule has 0 bridgehead atoms. The highest BCUT2D eigenvalue weighted by atomic mass is 16.5. The van der Waals surface area contributed by atoms with Crippen LogP contribution in [-0.2, 0) is 0 Å². The van der Waals surface area contributed by atoms with Gasteiger partial charge in [-0.3, -0.25) is 4.90 Å². The van der Waals surface area contributed by atoms with Crippen LogP contribution in [0.25, 0.3) is 10.8 Å². The van der Waals surface area contributed by atoms with E-state index in [1.54, 1.807) is 0 Å². The molecule has 1 fully saturated rings. The van der Waals surface area contributed by atoms with Crippen LogP contribution >= 0.6 is 0 Å². The number of nitrogens with zero attached hydrogens (tertiary/aromatic N) is 2. The van der Waals surface area contributed by atoms with Crippen LogP contribution in [0.15, 0.2) is 42.5 Å². The number of hydrogen-bond acceptors (Lipinski definition) is 4. The van der Waals surface area contributed by atoms with Crippen molar-refractivity contribution in [1.29, 1.82) is 0 Å². The second kappa shape index (κ2) is 7.09. The summed E-state index contributed by atoms with van der Waals surface area (Å²) in [5, 5.41) is 12.5. The van der Waals surface area contributed by atoms with Gasteiger partial charge in [0, 0.05) is 32.7 Å². The fourth-order valence-corrected chi connectivity index (χ4v) is 2.83. The van der Waals surface area contributed by atoms with E-state index in [-0.39, 0.29) is 0 Å². The lowest BCUT2D eigenvalue weighted by Crippen LogP contribution is -2.47. The topological polar surface area (TPSA) is 35.9 Å². The molecular weight excluding hydrogens is 276 g/mol. The number of benzene rings is 2. The fraction of sp³-hybridized carbons (Fsp3) is 0.444. The summed E-state index contributed by atoms with van der Waals surface area (Å²) in [4.78, 5) is 4.61. The third-order valence-corrected chi connectivity index (χ3v) is 4.23. The molecule has 22 heavy (non-hydrogen) atoms. The van der Waals surface area contributed by atoms with Gasteiger partial charge in [-0.25, -0.2) is 0 Å². The summed E-state index contributed by atoms with van der Waals surface area (Å²) in [6.07, 6.45) is -0.449. The smallest absolute Gasteiger partial charge is 0.120 e. The van der Waals surface area contributed by atoms with E-state index in [1.807, 2.05) is 24.3 Å². The van der Waals surface area contributed by atoms with Crippen molar-refractivity contribution >= 4 is 10.8 Å². The van der Waals surface area contributed by atoms with Gasteiger partial charge < -0.3 is 14.7 Å². The van der Waals surface area contributed by atoms with Crippen molar-refractivity contribution in [2.24, 2.45) is 0 Å². The van der Waals surface area contributed by atoms with Crippen molar-refractivity contribution in [3.05, 3.63) is 42.5 Å². The van der Waals surface area contributed by atoms with Gasteiger partial charge in [0.1, 0.15) is 18.5 Å². The van der Waals surface area contributed by atoms with E-state index in [2.05, 4.69) is 35.0 Å². The zero-order valence-corrected chi connectivity index (χ0v) is 13.1. The summed E-state index contributed by atoms with van der Waals surface area (Å²) in [5.41, 5.74) is 0. The van der Waals surface area contributed by atoms with E-state index in [1.165, 1.54) is 5.39 Å². The van der Waals surface area contributed by atoms with Gasteiger partial charge in [0.15, 0.2) is 0 Å². The van der Waals surface area contributed by atoms with Crippen LogP contribution in [0.2, 0.25) is 0 Å². The minimum absolute atomic E-state index is 0.338. The van der Waals surface area contributed by atoms with Gasteiger partial charge in [0.2, 0.25) is 0 Å². The lowest BCUT2D eigenvalue weighted by Gasteiger charge is -2.33. The molecule has 0 saturated carbocycles. The zero-order chi connectivity index (χ0) is 15.4. The Balaban J connectivity index is 1.50. The lowest BCUT2D eigenvalue weighted by molar-refractivity contribution is 0.0505. The zero-order valence-electron chi connectivity index (χ0n) is 13.1. The third-order valence-electron chi connectivity index (χ3n) is 4.23. The highest BCUT2D eigenvalue weighted by molar-refractivity contribution is 5.83. The molecule has 1 heterocycles. The molecule has 0 radical (unpaired) electrons.